The van der Waals surface area contributed by atoms with Crippen molar-refractivity contribution in [1.29, 1.82) is 0 Å². The molecule has 0 saturated heterocycles. The van der Waals surface area contributed by atoms with Gasteiger partial charge in [0.2, 0.25) is 0 Å². The van der Waals surface area contributed by atoms with Crippen LogP contribution < -0.4 is 10.1 Å². The number of nitrogens with zero attached hydrogens (tertiary/aromatic N) is 6. The molecule has 0 fully saturated rings. The molecule has 0 aliphatic carbocycles. The number of alkyl halides is 3. The number of rotatable bonds is 5. The average Bonchev–Trinajstić information content (AvgIpc) is 2.74. The quantitative estimate of drug-likeness (QED) is 0.428. The maximum absolute atomic E-state index is 12.8. The summed E-state index contributed by atoms with van der Waals surface area (Å²) in [4.78, 5) is 25.3. The lowest BCUT2D eigenvalue weighted by molar-refractivity contribution is -0.274. The van der Waals surface area contributed by atoms with Gasteiger partial charge in [0.05, 0.1) is 11.7 Å². The van der Waals surface area contributed by atoms with E-state index in [-0.39, 0.29) is 5.52 Å². The van der Waals surface area contributed by atoms with Gasteiger partial charge in [0.15, 0.2) is 11.6 Å². The van der Waals surface area contributed by atoms with Crippen LogP contribution in [0.15, 0.2) is 53.8 Å². The van der Waals surface area contributed by atoms with Gasteiger partial charge < -0.3 is 10.1 Å². The molecule has 158 valence electrons. The Hall–Kier alpha value is -3.41. The highest BCUT2D eigenvalue weighted by atomic mass is 79.9. The molecule has 1 N–H and O–H groups in total. The fourth-order valence-corrected chi connectivity index (χ4v) is 3.39. The lowest BCUT2D eigenvalue weighted by atomic mass is 10.1. The van der Waals surface area contributed by atoms with Crippen LogP contribution in [0.3, 0.4) is 0 Å². The Kier molecular flexibility index (Phi) is 5.63. The molecule has 3 heterocycles. The van der Waals surface area contributed by atoms with Gasteiger partial charge in [-0.05, 0) is 25.1 Å². The summed E-state index contributed by atoms with van der Waals surface area (Å²) in [6.45, 7) is 1.81. The number of ether oxygens (including phenoxy) is 1. The van der Waals surface area contributed by atoms with Crippen molar-refractivity contribution in [2.45, 2.75) is 19.3 Å². The lowest BCUT2D eigenvalue weighted by Gasteiger charge is -2.18. The highest BCUT2D eigenvalue weighted by Crippen LogP contribution is 2.36. The highest BCUT2D eigenvalue weighted by Gasteiger charge is 2.32. The molecule has 4 rings (SSSR count). The Morgan fingerprint density at radius 1 is 0.968 bits per heavy atom. The molecule has 0 spiro atoms. The normalized spacial score (nSPS) is 12.5. The molecule has 0 bridgehead atoms. The first-order chi connectivity index (χ1) is 14.8. The van der Waals surface area contributed by atoms with Gasteiger partial charge in [-0.1, -0.05) is 15.9 Å². The van der Waals surface area contributed by atoms with E-state index in [1.54, 1.807) is 24.5 Å². The molecule has 1 atom stereocenters. The van der Waals surface area contributed by atoms with Crippen LogP contribution in [0.1, 0.15) is 18.7 Å². The summed E-state index contributed by atoms with van der Waals surface area (Å²) < 4.78 is 43.0. The summed E-state index contributed by atoms with van der Waals surface area (Å²) in [6, 6.07) is 4.05. The number of anilines is 1. The van der Waals surface area contributed by atoms with E-state index in [9.17, 15) is 13.2 Å². The van der Waals surface area contributed by atoms with E-state index in [4.69, 9.17) is 0 Å². The third-order valence-electron chi connectivity index (χ3n) is 4.16. The molecular formula is C19H13BrF3N7O. The minimum absolute atomic E-state index is 0.0102. The number of benzene rings is 1. The Balaban J connectivity index is 1.73. The Morgan fingerprint density at radius 3 is 2.45 bits per heavy atom. The fourth-order valence-electron chi connectivity index (χ4n) is 2.95. The highest BCUT2D eigenvalue weighted by molar-refractivity contribution is 9.10. The summed E-state index contributed by atoms with van der Waals surface area (Å²) in [5.74, 6) is 0.264. The third-order valence-corrected chi connectivity index (χ3v) is 4.62. The van der Waals surface area contributed by atoms with E-state index >= 15 is 0 Å². The second-order valence-electron chi connectivity index (χ2n) is 6.30. The van der Waals surface area contributed by atoms with Crippen molar-refractivity contribution in [1.82, 2.24) is 29.9 Å². The molecule has 4 aromatic rings. The van der Waals surface area contributed by atoms with Crippen LogP contribution in [0.2, 0.25) is 0 Å². The molecule has 31 heavy (non-hydrogen) atoms. The van der Waals surface area contributed by atoms with Crippen molar-refractivity contribution in [3.05, 3.63) is 59.5 Å². The minimum atomic E-state index is -4.86. The van der Waals surface area contributed by atoms with Gasteiger partial charge >= 0.3 is 6.36 Å². The number of hydrogen-bond acceptors (Lipinski definition) is 8. The van der Waals surface area contributed by atoms with E-state index in [0.717, 1.165) is 6.33 Å². The molecule has 8 nitrogen and oxygen atoms in total. The van der Waals surface area contributed by atoms with Gasteiger partial charge in [-0.3, -0.25) is 4.98 Å². The Labute approximate surface area is 182 Å². The van der Waals surface area contributed by atoms with Gasteiger partial charge in [-0.25, -0.2) is 24.9 Å². The van der Waals surface area contributed by atoms with Crippen LogP contribution in [0.25, 0.3) is 22.4 Å². The zero-order valence-electron chi connectivity index (χ0n) is 15.8. The largest absolute Gasteiger partial charge is 0.573 e. The summed E-state index contributed by atoms with van der Waals surface area (Å²) in [5, 5.41) is 3.50. The maximum atomic E-state index is 12.8. The maximum Gasteiger partial charge on any atom is 0.573 e. The molecule has 0 saturated carbocycles. The predicted molar refractivity (Wildman–Crippen MR) is 109 cm³/mol. The Morgan fingerprint density at radius 2 is 1.71 bits per heavy atom. The molecule has 3 aromatic heterocycles. The van der Waals surface area contributed by atoms with Gasteiger partial charge in [0.25, 0.3) is 0 Å². The number of halogens is 4. The zero-order valence-corrected chi connectivity index (χ0v) is 17.4. The van der Waals surface area contributed by atoms with Crippen molar-refractivity contribution in [3.8, 4) is 17.3 Å². The van der Waals surface area contributed by atoms with Gasteiger partial charge in [-0.2, -0.15) is 0 Å². The van der Waals surface area contributed by atoms with Crippen molar-refractivity contribution in [2.75, 3.05) is 5.32 Å². The first kappa shape index (κ1) is 20.8. The molecule has 0 aliphatic heterocycles. The molecule has 0 amide bonds. The second-order valence-corrected chi connectivity index (χ2v) is 7.21. The summed E-state index contributed by atoms with van der Waals surface area (Å²) in [6.07, 6.45) is 2.55. The van der Waals surface area contributed by atoms with Crippen LogP contribution in [-0.2, 0) is 0 Å². The number of fused-ring (bicyclic) bond motifs is 1. The van der Waals surface area contributed by atoms with Crippen LogP contribution in [0, 0.1) is 0 Å². The predicted octanol–water partition coefficient (Wildman–Crippen LogP) is 4.71. The van der Waals surface area contributed by atoms with E-state index in [1.807, 2.05) is 6.92 Å². The smallest absolute Gasteiger partial charge is 0.403 e. The number of nitrogens with one attached hydrogen (secondary N) is 1. The molecule has 1 unspecified atom stereocenters. The summed E-state index contributed by atoms with van der Waals surface area (Å²) in [7, 11) is 0. The van der Waals surface area contributed by atoms with E-state index < -0.39 is 18.2 Å². The monoisotopic (exact) mass is 491 g/mol. The molecular weight excluding hydrogens is 479 g/mol. The second kappa shape index (κ2) is 8.38. The summed E-state index contributed by atoms with van der Waals surface area (Å²) >= 11 is 3.21. The lowest BCUT2D eigenvalue weighted by Crippen LogP contribution is -2.18. The first-order valence-corrected chi connectivity index (χ1v) is 9.66. The Bertz CT molecular complexity index is 1220. The van der Waals surface area contributed by atoms with E-state index in [1.165, 1.54) is 18.5 Å². The van der Waals surface area contributed by atoms with Crippen molar-refractivity contribution in [3.63, 3.8) is 0 Å². The van der Waals surface area contributed by atoms with E-state index in [2.05, 4.69) is 55.9 Å². The van der Waals surface area contributed by atoms with Gasteiger partial charge in [0.1, 0.15) is 23.4 Å². The van der Waals surface area contributed by atoms with E-state index in [0.29, 0.717) is 32.9 Å². The summed E-state index contributed by atoms with van der Waals surface area (Å²) in [5.41, 5.74) is 1.03. The van der Waals surface area contributed by atoms with Crippen molar-refractivity contribution >= 4 is 32.7 Å². The number of hydrogen-bond donors (Lipinski definition) is 1. The molecule has 0 radical (unpaired) electrons. The zero-order chi connectivity index (χ0) is 22.0. The van der Waals surface area contributed by atoms with Crippen molar-refractivity contribution in [2.24, 2.45) is 0 Å². The number of aromatic nitrogens is 6. The first-order valence-electron chi connectivity index (χ1n) is 8.86. The third kappa shape index (κ3) is 4.68. The standard InChI is InChI=1S/C19H13BrF3N7O/c1-10(14-16(25-6-5-24-14)18-26-3-2-4-27-18)30-17-12-7-11(20)8-13(31-19(21,22)23)15(12)28-9-29-17/h2-10H,1H3,(H,28,29,30). The molecule has 1 aromatic carbocycles. The average molecular weight is 492 g/mol. The van der Waals surface area contributed by atoms with Gasteiger partial charge in [-0.15, -0.1) is 13.2 Å². The van der Waals surface area contributed by atoms with Crippen LogP contribution >= 0.6 is 15.9 Å². The fraction of sp³-hybridized carbons (Fsp3) is 0.158. The minimum Gasteiger partial charge on any atom is -0.403 e. The van der Waals surface area contributed by atoms with Crippen LogP contribution in [-0.4, -0.2) is 36.3 Å². The van der Waals surface area contributed by atoms with Gasteiger partial charge in [0, 0.05) is 34.6 Å². The SMILES string of the molecule is CC(Nc1ncnc2c(OC(F)(F)F)cc(Br)cc12)c1nccnc1-c1ncccn1. The topological polar surface area (TPSA) is 98.6 Å². The van der Waals surface area contributed by atoms with Crippen LogP contribution in [0.5, 0.6) is 5.75 Å². The molecule has 0 aliphatic rings. The molecule has 12 heteroatoms. The van der Waals surface area contributed by atoms with Crippen LogP contribution in [0.4, 0.5) is 19.0 Å². The van der Waals surface area contributed by atoms with Crippen molar-refractivity contribution < 1.29 is 17.9 Å².